The van der Waals surface area contributed by atoms with E-state index in [1.807, 2.05) is 14.0 Å². The van der Waals surface area contributed by atoms with Crippen molar-refractivity contribution in [3.63, 3.8) is 0 Å². The highest BCUT2D eigenvalue weighted by Crippen LogP contribution is 2.60. The van der Waals surface area contributed by atoms with Crippen molar-refractivity contribution in [1.29, 1.82) is 0 Å². The summed E-state index contributed by atoms with van der Waals surface area (Å²) >= 11 is 7.37. The monoisotopic (exact) mass is 470 g/mol. The van der Waals surface area contributed by atoms with E-state index < -0.39 is 17.6 Å². The summed E-state index contributed by atoms with van der Waals surface area (Å²) < 4.78 is 36.6. The highest BCUT2D eigenvalue weighted by molar-refractivity contribution is 7.98. The van der Waals surface area contributed by atoms with Gasteiger partial charge in [0.2, 0.25) is 0 Å². The van der Waals surface area contributed by atoms with Crippen LogP contribution in [0.2, 0.25) is 5.15 Å². The Bertz CT molecular complexity index is 1050. The number of rotatable bonds is 7. The molecule has 8 nitrogen and oxygen atoms in total. The summed E-state index contributed by atoms with van der Waals surface area (Å²) in [6, 6.07) is 3.18. The predicted molar refractivity (Wildman–Crippen MR) is 113 cm³/mol. The second kappa shape index (κ2) is 8.05. The van der Waals surface area contributed by atoms with Crippen molar-refractivity contribution in [1.82, 2.24) is 24.9 Å². The fourth-order valence-corrected chi connectivity index (χ4v) is 3.89. The minimum atomic E-state index is -2.67. The Hall–Kier alpha value is -2.21. The van der Waals surface area contributed by atoms with Gasteiger partial charge < -0.3 is 4.74 Å². The van der Waals surface area contributed by atoms with Gasteiger partial charge in [0.15, 0.2) is 0 Å². The Balaban J connectivity index is 1.33. The molecular weight excluding hydrogens is 450 g/mol. The molecule has 2 aliphatic rings. The van der Waals surface area contributed by atoms with Crippen molar-refractivity contribution in [3.05, 3.63) is 47.0 Å². The number of nitrogens with one attached hydrogen (secondary N) is 2. The molecule has 2 aromatic rings. The van der Waals surface area contributed by atoms with Gasteiger partial charge in [0.1, 0.15) is 17.2 Å². The lowest BCUT2D eigenvalue weighted by Crippen LogP contribution is -2.38. The maximum Gasteiger partial charge on any atom is 0.264 e. The van der Waals surface area contributed by atoms with Gasteiger partial charge in [0.05, 0.1) is 34.4 Å². The lowest BCUT2D eigenvalue weighted by atomic mass is 10.1. The molecule has 1 aliphatic carbocycles. The number of ether oxygens (including phenoxy) is 1. The summed E-state index contributed by atoms with van der Waals surface area (Å²) in [6.45, 7) is 3.34. The first-order valence-electron chi connectivity index (χ1n) is 9.45. The van der Waals surface area contributed by atoms with Crippen LogP contribution < -0.4 is 15.2 Å². The first kappa shape index (κ1) is 22.0. The van der Waals surface area contributed by atoms with E-state index in [1.54, 1.807) is 40.3 Å². The minimum Gasteiger partial charge on any atom is -0.357 e. The molecule has 2 aromatic heterocycles. The fourth-order valence-electron chi connectivity index (χ4n) is 2.96. The highest BCUT2D eigenvalue weighted by Gasteiger charge is 2.68. The van der Waals surface area contributed by atoms with E-state index in [4.69, 9.17) is 16.3 Å². The summed E-state index contributed by atoms with van der Waals surface area (Å²) in [4.78, 5) is 17.5. The van der Waals surface area contributed by atoms with Gasteiger partial charge in [0, 0.05) is 19.7 Å². The van der Waals surface area contributed by atoms with E-state index in [1.165, 1.54) is 6.92 Å². The smallest absolute Gasteiger partial charge is 0.264 e. The highest BCUT2D eigenvalue weighted by atomic mass is 35.5. The number of amides is 1. The van der Waals surface area contributed by atoms with Crippen molar-refractivity contribution < 1.29 is 18.3 Å². The Labute approximate surface area is 187 Å². The van der Waals surface area contributed by atoms with E-state index >= 15 is 0 Å². The number of aryl methyl sites for hydroxylation is 1. The number of nitrogens with zero attached hydrogens (tertiary/aromatic N) is 4. The van der Waals surface area contributed by atoms with Crippen molar-refractivity contribution in [2.75, 3.05) is 11.6 Å². The number of pyridine rings is 1. The number of carbonyl (C=O) groups excluding carboxylic acids is 1. The first-order chi connectivity index (χ1) is 14.6. The SMILES string of the molecule is Cc1c(SNC(=O)c2ccc(N3C=CC(OCC4(C)CC4(F)F)N3)nc2Cl)cnn1C. The fraction of sp³-hybridized carbons (Fsp3) is 0.421. The maximum atomic E-state index is 13.3. The molecule has 1 amide bonds. The van der Waals surface area contributed by atoms with Crippen LogP contribution in [0.4, 0.5) is 14.6 Å². The topological polar surface area (TPSA) is 84.3 Å². The molecule has 1 fully saturated rings. The van der Waals surface area contributed by atoms with Gasteiger partial charge in [-0.05, 0) is 37.1 Å². The summed E-state index contributed by atoms with van der Waals surface area (Å²) in [7, 11) is 1.82. The number of anilines is 1. The van der Waals surface area contributed by atoms with Gasteiger partial charge >= 0.3 is 0 Å². The third kappa shape index (κ3) is 4.40. The molecule has 2 N–H and O–H groups in total. The molecular formula is C19H21ClF2N6O2S. The molecule has 2 unspecified atom stereocenters. The summed E-state index contributed by atoms with van der Waals surface area (Å²) in [5, 5.41) is 5.71. The van der Waals surface area contributed by atoms with Crippen molar-refractivity contribution in [3.8, 4) is 0 Å². The van der Waals surface area contributed by atoms with E-state index in [0.29, 0.717) is 5.82 Å². The number of hydrogen-bond acceptors (Lipinski definition) is 7. The van der Waals surface area contributed by atoms with Crippen LogP contribution in [-0.2, 0) is 11.8 Å². The van der Waals surface area contributed by atoms with Crippen LogP contribution >= 0.6 is 23.5 Å². The first-order valence-corrected chi connectivity index (χ1v) is 10.6. The van der Waals surface area contributed by atoms with E-state index in [9.17, 15) is 13.6 Å². The molecule has 1 saturated carbocycles. The largest absolute Gasteiger partial charge is 0.357 e. The number of alkyl halides is 2. The molecule has 12 heteroatoms. The normalized spacial score (nSPS) is 23.9. The van der Waals surface area contributed by atoms with Gasteiger partial charge in [-0.2, -0.15) is 10.5 Å². The molecule has 166 valence electrons. The molecule has 31 heavy (non-hydrogen) atoms. The zero-order chi connectivity index (χ0) is 22.4. The van der Waals surface area contributed by atoms with Crippen LogP contribution in [0.15, 0.2) is 35.5 Å². The molecule has 4 rings (SSSR count). The van der Waals surface area contributed by atoms with Gasteiger partial charge in [-0.1, -0.05) is 18.5 Å². The summed E-state index contributed by atoms with van der Waals surface area (Å²) in [5.41, 5.74) is 3.02. The molecule has 3 heterocycles. The van der Waals surface area contributed by atoms with Crippen LogP contribution in [0.1, 0.15) is 29.4 Å². The molecule has 0 radical (unpaired) electrons. The van der Waals surface area contributed by atoms with Crippen molar-refractivity contribution >= 4 is 35.3 Å². The van der Waals surface area contributed by atoms with Crippen molar-refractivity contribution in [2.45, 2.75) is 37.3 Å². The second-order valence-corrected chi connectivity index (χ2v) is 8.98. The van der Waals surface area contributed by atoms with E-state index in [0.717, 1.165) is 22.5 Å². The Morgan fingerprint density at radius 3 is 2.84 bits per heavy atom. The van der Waals surface area contributed by atoms with Gasteiger partial charge in [-0.15, -0.1) is 0 Å². The van der Waals surface area contributed by atoms with E-state index in [-0.39, 0.29) is 29.7 Å². The van der Waals surface area contributed by atoms with Crippen LogP contribution in [0.25, 0.3) is 0 Å². The maximum absolute atomic E-state index is 13.3. The minimum absolute atomic E-state index is 0.0308. The quantitative estimate of drug-likeness (QED) is 0.473. The predicted octanol–water partition coefficient (Wildman–Crippen LogP) is 3.44. The zero-order valence-electron chi connectivity index (χ0n) is 17.0. The standard InChI is InChI=1S/C19H21ClF2N6O2S/c1-11-13(8-23-27(11)3)31-26-17(29)12-4-5-14(24-16(12)20)28-7-6-15(25-28)30-10-18(2)9-19(18,21)22/h4-8,15,25H,9-10H2,1-3H3,(H,26,29). The number of halogens is 3. The van der Waals surface area contributed by atoms with Crippen molar-refractivity contribution in [2.24, 2.45) is 12.5 Å². The number of hydrazine groups is 1. The summed E-state index contributed by atoms with van der Waals surface area (Å²) in [6.07, 6.45) is 4.29. The number of hydrogen-bond donors (Lipinski definition) is 2. The Kier molecular flexibility index (Phi) is 5.71. The van der Waals surface area contributed by atoms with Crippen LogP contribution in [0.5, 0.6) is 0 Å². The zero-order valence-corrected chi connectivity index (χ0v) is 18.6. The van der Waals surface area contributed by atoms with Gasteiger partial charge in [0.25, 0.3) is 11.8 Å². The van der Waals surface area contributed by atoms with Gasteiger partial charge in [-0.3, -0.25) is 19.2 Å². The van der Waals surface area contributed by atoms with E-state index in [2.05, 4.69) is 20.2 Å². The molecule has 0 aromatic carbocycles. The van der Waals surface area contributed by atoms with Crippen LogP contribution in [0.3, 0.4) is 0 Å². The summed E-state index contributed by atoms with van der Waals surface area (Å²) in [5.74, 6) is -2.63. The molecule has 0 saturated heterocycles. The van der Waals surface area contributed by atoms with Crippen LogP contribution in [-0.4, -0.2) is 39.4 Å². The lowest BCUT2D eigenvalue weighted by molar-refractivity contribution is -0.00917. The Morgan fingerprint density at radius 2 is 2.23 bits per heavy atom. The molecule has 0 spiro atoms. The number of carbonyl (C=O) groups is 1. The van der Waals surface area contributed by atoms with Gasteiger partial charge in [-0.25, -0.2) is 13.8 Å². The van der Waals surface area contributed by atoms with Crippen LogP contribution in [0, 0.1) is 12.3 Å². The second-order valence-electron chi connectivity index (χ2n) is 7.77. The molecule has 2 atom stereocenters. The third-order valence-electron chi connectivity index (χ3n) is 5.40. The lowest BCUT2D eigenvalue weighted by Gasteiger charge is -2.21. The number of aromatic nitrogens is 3. The molecule has 1 aliphatic heterocycles. The average Bonchev–Trinajstić information content (AvgIpc) is 3.07. The third-order valence-corrected chi connectivity index (χ3v) is 6.59. The average molecular weight is 471 g/mol. The Morgan fingerprint density at radius 1 is 1.48 bits per heavy atom. The molecule has 0 bridgehead atoms.